The quantitative estimate of drug-likeness (QED) is 0.200. The van der Waals surface area contributed by atoms with Crippen molar-refractivity contribution in [3.63, 3.8) is 0 Å². The van der Waals surface area contributed by atoms with Crippen molar-refractivity contribution in [1.82, 2.24) is 0 Å². The Kier molecular flexibility index (Phi) is 9.68. The molecule has 0 unspecified atom stereocenters. The van der Waals surface area contributed by atoms with Gasteiger partial charge in [-0.1, -0.05) is 29.4 Å². The van der Waals surface area contributed by atoms with Crippen LogP contribution in [0.5, 0.6) is 0 Å². The summed E-state index contributed by atoms with van der Waals surface area (Å²) < 4.78 is 0. The molecule has 0 amide bonds. The van der Waals surface area contributed by atoms with Gasteiger partial charge in [0.25, 0.3) is 0 Å². The zero-order valence-electron chi connectivity index (χ0n) is 11.8. The molecule has 0 aliphatic carbocycles. The lowest BCUT2D eigenvalue weighted by molar-refractivity contribution is -0.105. The second kappa shape index (κ2) is 10.6. The summed E-state index contributed by atoms with van der Waals surface area (Å²) in [5, 5.41) is 0. The highest BCUT2D eigenvalue weighted by Gasteiger charge is 1.94. The van der Waals surface area contributed by atoms with Crippen molar-refractivity contribution >= 4 is 6.29 Å². The molecule has 0 aliphatic rings. The smallest absolute Gasteiger partial charge is 0.146 e. The van der Waals surface area contributed by atoms with Crippen LogP contribution in [0.15, 0.2) is 34.9 Å². The summed E-state index contributed by atoms with van der Waals surface area (Å²) in [4.78, 5) is 10.9. The molecule has 1 nitrogen and oxygen atoms in total. The summed E-state index contributed by atoms with van der Waals surface area (Å²) in [5.41, 5.74) is 3.51. The summed E-state index contributed by atoms with van der Waals surface area (Å²) in [6.45, 7) is 6.33. The van der Waals surface area contributed by atoms with Crippen molar-refractivity contribution in [2.45, 2.75) is 52.9 Å². The van der Waals surface area contributed by atoms with Crippen molar-refractivity contribution in [2.24, 2.45) is 0 Å². The van der Waals surface area contributed by atoms with Crippen molar-refractivity contribution in [2.75, 3.05) is 0 Å². The fourth-order valence-corrected chi connectivity index (χ4v) is 1.50. The van der Waals surface area contributed by atoms with Gasteiger partial charge in [0.05, 0.1) is 0 Å². The highest BCUT2D eigenvalue weighted by Crippen LogP contribution is 2.10. The molecular formula is C17H24O. The Morgan fingerprint density at radius 1 is 1.11 bits per heavy atom. The summed E-state index contributed by atoms with van der Waals surface area (Å²) in [6.07, 6.45) is 16.7. The monoisotopic (exact) mass is 244 g/mol. The van der Waals surface area contributed by atoms with E-state index >= 15 is 0 Å². The van der Waals surface area contributed by atoms with Gasteiger partial charge in [-0.2, -0.15) is 0 Å². The van der Waals surface area contributed by atoms with Crippen LogP contribution in [0.25, 0.3) is 0 Å². The van der Waals surface area contributed by atoms with Gasteiger partial charge in [0, 0.05) is 6.42 Å². The molecule has 0 aromatic carbocycles. The third-order valence-electron chi connectivity index (χ3n) is 2.62. The molecule has 0 atom stereocenters. The summed E-state index contributed by atoms with van der Waals surface area (Å²) in [5.74, 6) is 2.57. The standard InChI is InChI=1S/C17H24O/c1-5-6-7-11-17(14-18)13-12-16(4)10-8-9-15(2)3/h1,9,11-12,14H,6-8,10,13H2,2-4H3/b16-12+,17-11-. The van der Waals surface area contributed by atoms with Crippen LogP contribution in [0.3, 0.4) is 0 Å². The number of hydrogen-bond donors (Lipinski definition) is 0. The van der Waals surface area contributed by atoms with Crippen molar-refractivity contribution in [3.8, 4) is 12.3 Å². The third-order valence-corrected chi connectivity index (χ3v) is 2.62. The Morgan fingerprint density at radius 2 is 1.83 bits per heavy atom. The maximum atomic E-state index is 10.9. The number of carbonyl (C=O) groups excluding carboxylic acids is 1. The maximum absolute atomic E-state index is 10.9. The van der Waals surface area contributed by atoms with Crippen LogP contribution < -0.4 is 0 Å². The van der Waals surface area contributed by atoms with E-state index < -0.39 is 0 Å². The molecule has 0 bridgehead atoms. The van der Waals surface area contributed by atoms with E-state index in [0.29, 0.717) is 12.8 Å². The highest BCUT2D eigenvalue weighted by atomic mass is 16.1. The van der Waals surface area contributed by atoms with Crippen LogP contribution in [0.4, 0.5) is 0 Å². The van der Waals surface area contributed by atoms with E-state index in [1.165, 1.54) is 11.1 Å². The molecule has 18 heavy (non-hydrogen) atoms. The molecule has 0 radical (unpaired) electrons. The van der Waals surface area contributed by atoms with Crippen molar-refractivity contribution in [1.29, 1.82) is 0 Å². The van der Waals surface area contributed by atoms with Gasteiger partial charge < -0.3 is 0 Å². The third kappa shape index (κ3) is 9.66. The second-order valence-corrected chi connectivity index (χ2v) is 4.71. The minimum atomic E-state index is 0.695. The van der Waals surface area contributed by atoms with Gasteiger partial charge in [-0.05, 0) is 52.0 Å². The lowest BCUT2D eigenvalue weighted by Gasteiger charge is -2.00. The van der Waals surface area contributed by atoms with Gasteiger partial charge in [0.15, 0.2) is 0 Å². The molecule has 0 fully saturated rings. The highest BCUT2D eigenvalue weighted by molar-refractivity contribution is 5.73. The average Bonchev–Trinajstić information content (AvgIpc) is 2.33. The Hall–Kier alpha value is -1.55. The predicted octanol–water partition coefficient (Wildman–Crippen LogP) is 4.61. The number of allylic oxidation sites excluding steroid dienone is 6. The van der Waals surface area contributed by atoms with E-state index in [0.717, 1.165) is 31.1 Å². The number of carbonyl (C=O) groups is 1. The van der Waals surface area contributed by atoms with Gasteiger partial charge in [-0.25, -0.2) is 0 Å². The van der Waals surface area contributed by atoms with Crippen LogP contribution in [0.1, 0.15) is 52.9 Å². The summed E-state index contributed by atoms with van der Waals surface area (Å²) in [6, 6.07) is 0. The topological polar surface area (TPSA) is 17.1 Å². The lowest BCUT2D eigenvalue weighted by Crippen LogP contribution is -1.85. The van der Waals surface area contributed by atoms with Gasteiger partial charge in [-0.3, -0.25) is 4.79 Å². The van der Waals surface area contributed by atoms with Crippen LogP contribution in [-0.2, 0) is 4.79 Å². The SMILES string of the molecule is C#CCC/C=C(\C=O)C/C=C(\C)CCC=C(C)C. The normalized spacial score (nSPS) is 11.9. The average molecular weight is 244 g/mol. The summed E-state index contributed by atoms with van der Waals surface area (Å²) in [7, 11) is 0. The van der Waals surface area contributed by atoms with Gasteiger partial charge in [0.2, 0.25) is 0 Å². The predicted molar refractivity (Wildman–Crippen MR) is 79.3 cm³/mol. The number of unbranched alkanes of at least 4 members (excludes halogenated alkanes) is 1. The first-order valence-corrected chi connectivity index (χ1v) is 6.46. The molecular weight excluding hydrogens is 220 g/mol. The first-order chi connectivity index (χ1) is 8.60. The fourth-order valence-electron chi connectivity index (χ4n) is 1.50. The van der Waals surface area contributed by atoms with E-state index in [9.17, 15) is 4.79 Å². The number of aldehydes is 1. The molecule has 0 rings (SSSR count). The van der Waals surface area contributed by atoms with Crippen LogP contribution in [0.2, 0.25) is 0 Å². The molecule has 0 spiro atoms. The molecule has 0 aliphatic heterocycles. The number of hydrogen-bond acceptors (Lipinski definition) is 1. The first kappa shape index (κ1) is 16.4. The minimum Gasteiger partial charge on any atom is -0.298 e. The van der Waals surface area contributed by atoms with E-state index in [1.807, 2.05) is 6.08 Å². The molecule has 0 N–H and O–H groups in total. The van der Waals surface area contributed by atoms with Gasteiger partial charge in [-0.15, -0.1) is 12.3 Å². The fraction of sp³-hybridized carbons (Fsp3) is 0.471. The number of terminal acetylenes is 1. The molecule has 0 saturated heterocycles. The Bertz CT molecular complexity index is 371. The van der Waals surface area contributed by atoms with Crippen LogP contribution in [-0.4, -0.2) is 6.29 Å². The van der Waals surface area contributed by atoms with E-state index in [1.54, 1.807) is 0 Å². The molecule has 0 heterocycles. The second-order valence-electron chi connectivity index (χ2n) is 4.71. The Balaban J connectivity index is 4.16. The van der Waals surface area contributed by atoms with Crippen molar-refractivity contribution < 1.29 is 4.79 Å². The molecule has 1 heteroatoms. The summed E-state index contributed by atoms with van der Waals surface area (Å²) >= 11 is 0. The van der Waals surface area contributed by atoms with Crippen LogP contribution in [0, 0.1) is 12.3 Å². The van der Waals surface area contributed by atoms with E-state index in [4.69, 9.17) is 6.42 Å². The minimum absolute atomic E-state index is 0.695. The van der Waals surface area contributed by atoms with E-state index in [-0.39, 0.29) is 0 Å². The van der Waals surface area contributed by atoms with Crippen molar-refractivity contribution in [3.05, 3.63) is 34.9 Å². The molecule has 98 valence electrons. The zero-order valence-corrected chi connectivity index (χ0v) is 11.8. The zero-order chi connectivity index (χ0) is 13.8. The first-order valence-electron chi connectivity index (χ1n) is 6.46. The van der Waals surface area contributed by atoms with Crippen LogP contribution >= 0.6 is 0 Å². The molecule has 0 aromatic rings. The molecule has 0 saturated carbocycles. The van der Waals surface area contributed by atoms with E-state index in [2.05, 4.69) is 38.8 Å². The Morgan fingerprint density at radius 3 is 2.39 bits per heavy atom. The lowest BCUT2D eigenvalue weighted by atomic mass is 10.1. The largest absolute Gasteiger partial charge is 0.298 e. The maximum Gasteiger partial charge on any atom is 0.146 e. The van der Waals surface area contributed by atoms with Gasteiger partial charge in [0.1, 0.15) is 6.29 Å². The Labute approximate surface area is 112 Å². The van der Waals surface area contributed by atoms with Gasteiger partial charge >= 0.3 is 0 Å². The molecule has 0 aromatic heterocycles. The number of rotatable bonds is 8.